The number of thioether (sulfide) groups is 1. The summed E-state index contributed by atoms with van der Waals surface area (Å²) in [6, 6.07) is 9.40. The summed E-state index contributed by atoms with van der Waals surface area (Å²) in [7, 11) is 0. The van der Waals surface area contributed by atoms with Crippen molar-refractivity contribution in [2.75, 3.05) is 5.75 Å². The van der Waals surface area contributed by atoms with Crippen LogP contribution in [0.1, 0.15) is 43.7 Å². The highest BCUT2D eigenvalue weighted by Crippen LogP contribution is 2.36. The standard InChI is InChI=1S/C15H21NOS/c17-14-7-3-2-6-13(14)16-12-9-10-18-15-8-4-1-5-11(12)15/h1,4-5,8,12-14,16-17H,2-3,6-7,9-10H2. The van der Waals surface area contributed by atoms with E-state index >= 15 is 0 Å². The maximum absolute atomic E-state index is 10.1. The van der Waals surface area contributed by atoms with Crippen molar-refractivity contribution in [1.29, 1.82) is 0 Å². The zero-order chi connectivity index (χ0) is 12.4. The molecule has 0 saturated heterocycles. The number of rotatable bonds is 2. The van der Waals surface area contributed by atoms with Crippen LogP contribution in [0.15, 0.2) is 29.2 Å². The Bertz CT molecular complexity index is 409. The topological polar surface area (TPSA) is 32.3 Å². The SMILES string of the molecule is OC1CCCCC1NC1CCSc2ccccc21. The fraction of sp³-hybridized carbons (Fsp3) is 0.600. The number of hydrogen-bond acceptors (Lipinski definition) is 3. The number of nitrogens with one attached hydrogen (secondary N) is 1. The predicted molar refractivity (Wildman–Crippen MR) is 75.9 cm³/mol. The van der Waals surface area contributed by atoms with Crippen LogP contribution in [0.25, 0.3) is 0 Å². The normalized spacial score (nSPS) is 31.9. The van der Waals surface area contributed by atoms with Gasteiger partial charge < -0.3 is 10.4 Å². The third-order valence-electron chi connectivity index (χ3n) is 4.10. The van der Waals surface area contributed by atoms with E-state index in [4.69, 9.17) is 0 Å². The summed E-state index contributed by atoms with van der Waals surface area (Å²) in [6.07, 6.45) is 5.52. The lowest BCUT2D eigenvalue weighted by Gasteiger charge is -2.34. The highest BCUT2D eigenvalue weighted by molar-refractivity contribution is 7.99. The van der Waals surface area contributed by atoms with Crippen molar-refractivity contribution in [2.45, 2.75) is 55.2 Å². The van der Waals surface area contributed by atoms with Crippen LogP contribution in [0.4, 0.5) is 0 Å². The highest BCUT2D eigenvalue weighted by Gasteiger charge is 2.28. The number of aliphatic hydroxyl groups excluding tert-OH is 1. The molecule has 3 heteroatoms. The molecule has 0 bridgehead atoms. The van der Waals surface area contributed by atoms with Gasteiger partial charge in [0.25, 0.3) is 0 Å². The Kier molecular flexibility index (Phi) is 3.92. The molecule has 98 valence electrons. The molecule has 1 heterocycles. The molecule has 1 aromatic carbocycles. The van der Waals surface area contributed by atoms with Gasteiger partial charge in [0.1, 0.15) is 0 Å². The first kappa shape index (κ1) is 12.5. The molecule has 1 fully saturated rings. The molecule has 3 unspecified atom stereocenters. The molecule has 18 heavy (non-hydrogen) atoms. The quantitative estimate of drug-likeness (QED) is 0.860. The molecule has 1 aromatic rings. The minimum absolute atomic E-state index is 0.152. The number of hydrogen-bond donors (Lipinski definition) is 2. The average Bonchev–Trinajstić information content (AvgIpc) is 2.42. The fourth-order valence-corrected chi connectivity index (χ4v) is 4.20. The zero-order valence-electron chi connectivity index (χ0n) is 10.6. The lowest BCUT2D eigenvalue weighted by molar-refractivity contribution is 0.0842. The van der Waals surface area contributed by atoms with E-state index in [2.05, 4.69) is 29.6 Å². The van der Waals surface area contributed by atoms with Gasteiger partial charge in [0, 0.05) is 17.0 Å². The fourth-order valence-electron chi connectivity index (χ4n) is 3.08. The van der Waals surface area contributed by atoms with Crippen LogP contribution in [0.2, 0.25) is 0 Å². The summed E-state index contributed by atoms with van der Waals surface area (Å²) in [6.45, 7) is 0. The summed E-state index contributed by atoms with van der Waals surface area (Å²) in [4.78, 5) is 1.41. The third kappa shape index (κ3) is 2.58. The van der Waals surface area contributed by atoms with Crippen molar-refractivity contribution in [3.8, 4) is 0 Å². The molecular weight excluding hydrogens is 242 g/mol. The summed E-state index contributed by atoms with van der Waals surface area (Å²) in [5.74, 6) is 1.18. The van der Waals surface area contributed by atoms with Crippen molar-refractivity contribution in [1.82, 2.24) is 5.32 Å². The molecule has 2 aliphatic rings. The van der Waals surface area contributed by atoms with Gasteiger partial charge in [0.15, 0.2) is 0 Å². The van der Waals surface area contributed by atoms with E-state index in [9.17, 15) is 5.11 Å². The van der Waals surface area contributed by atoms with Gasteiger partial charge in [-0.2, -0.15) is 0 Å². The Balaban J connectivity index is 1.73. The average molecular weight is 263 g/mol. The van der Waals surface area contributed by atoms with Crippen molar-refractivity contribution in [3.63, 3.8) is 0 Å². The molecule has 0 amide bonds. The van der Waals surface area contributed by atoms with Gasteiger partial charge in [0.2, 0.25) is 0 Å². The van der Waals surface area contributed by atoms with Crippen LogP contribution in [0.3, 0.4) is 0 Å². The first-order chi connectivity index (χ1) is 8.84. The summed E-state index contributed by atoms with van der Waals surface area (Å²) >= 11 is 1.95. The summed E-state index contributed by atoms with van der Waals surface area (Å²) in [5.41, 5.74) is 1.42. The van der Waals surface area contributed by atoms with E-state index in [1.807, 2.05) is 11.8 Å². The van der Waals surface area contributed by atoms with Crippen LogP contribution in [0, 0.1) is 0 Å². The number of fused-ring (bicyclic) bond motifs is 1. The van der Waals surface area contributed by atoms with Crippen molar-refractivity contribution < 1.29 is 5.11 Å². The molecule has 3 atom stereocenters. The van der Waals surface area contributed by atoms with Crippen molar-refractivity contribution in [2.24, 2.45) is 0 Å². The Morgan fingerprint density at radius 3 is 2.83 bits per heavy atom. The van der Waals surface area contributed by atoms with Crippen molar-refractivity contribution >= 4 is 11.8 Å². The number of aliphatic hydroxyl groups is 1. The van der Waals surface area contributed by atoms with Crippen LogP contribution in [-0.2, 0) is 0 Å². The number of benzene rings is 1. The van der Waals surface area contributed by atoms with E-state index in [0.29, 0.717) is 12.1 Å². The molecule has 2 nitrogen and oxygen atoms in total. The Morgan fingerprint density at radius 1 is 1.11 bits per heavy atom. The summed E-state index contributed by atoms with van der Waals surface area (Å²) in [5, 5.41) is 13.8. The Labute approximate surface area is 113 Å². The molecule has 1 aliphatic carbocycles. The van der Waals surface area contributed by atoms with Gasteiger partial charge in [0.05, 0.1) is 6.10 Å². The summed E-state index contributed by atoms with van der Waals surface area (Å²) < 4.78 is 0. The molecular formula is C15H21NOS. The smallest absolute Gasteiger partial charge is 0.0693 e. The lowest BCUT2D eigenvalue weighted by atomic mass is 9.91. The monoisotopic (exact) mass is 263 g/mol. The molecule has 1 aliphatic heterocycles. The first-order valence-electron chi connectivity index (χ1n) is 7.00. The van der Waals surface area contributed by atoms with Crippen molar-refractivity contribution in [3.05, 3.63) is 29.8 Å². The van der Waals surface area contributed by atoms with E-state index in [-0.39, 0.29) is 6.10 Å². The molecule has 2 N–H and O–H groups in total. The van der Waals surface area contributed by atoms with Gasteiger partial charge in [-0.1, -0.05) is 31.0 Å². The van der Waals surface area contributed by atoms with E-state index in [1.54, 1.807) is 0 Å². The van der Waals surface area contributed by atoms with Crippen LogP contribution >= 0.6 is 11.8 Å². The molecule has 3 rings (SSSR count). The largest absolute Gasteiger partial charge is 0.392 e. The second-order valence-corrected chi connectivity index (χ2v) is 6.49. The molecule has 0 radical (unpaired) electrons. The van der Waals surface area contributed by atoms with Crippen LogP contribution < -0.4 is 5.32 Å². The van der Waals surface area contributed by atoms with Crippen LogP contribution in [0.5, 0.6) is 0 Å². The second-order valence-electron chi connectivity index (χ2n) is 5.35. The maximum atomic E-state index is 10.1. The minimum atomic E-state index is -0.152. The van der Waals surface area contributed by atoms with Gasteiger partial charge >= 0.3 is 0 Å². The van der Waals surface area contributed by atoms with E-state index in [1.165, 1.54) is 35.5 Å². The van der Waals surface area contributed by atoms with Gasteiger partial charge in [-0.15, -0.1) is 11.8 Å². The molecule has 0 aromatic heterocycles. The highest BCUT2D eigenvalue weighted by atomic mass is 32.2. The molecule has 1 saturated carbocycles. The maximum Gasteiger partial charge on any atom is 0.0693 e. The van der Waals surface area contributed by atoms with E-state index < -0.39 is 0 Å². The predicted octanol–water partition coefficient (Wildman–Crippen LogP) is 3.12. The van der Waals surface area contributed by atoms with Gasteiger partial charge in [-0.05, 0) is 36.6 Å². The van der Waals surface area contributed by atoms with Crippen LogP contribution in [-0.4, -0.2) is 23.0 Å². The van der Waals surface area contributed by atoms with E-state index in [0.717, 1.165) is 12.8 Å². The first-order valence-corrected chi connectivity index (χ1v) is 7.99. The Morgan fingerprint density at radius 2 is 1.94 bits per heavy atom. The second kappa shape index (κ2) is 5.64. The minimum Gasteiger partial charge on any atom is -0.392 e. The lowest BCUT2D eigenvalue weighted by Crippen LogP contribution is -2.44. The Hall–Kier alpha value is -0.510. The zero-order valence-corrected chi connectivity index (χ0v) is 11.5. The van der Waals surface area contributed by atoms with Gasteiger partial charge in [-0.25, -0.2) is 0 Å². The third-order valence-corrected chi connectivity index (χ3v) is 5.23. The van der Waals surface area contributed by atoms with Gasteiger partial charge in [-0.3, -0.25) is 0 Å². The molecule has 0 spiro atoms.